The molecule has 174 valence electrons. The lowest BCUT2D eigenvalue weighted by atomic mass is 10.1. The number of likely N-dealkylation sites (tertiary alicyclic amines) is 1. The quantitative estimate of drug-likeness (QED) is 0.615. The van der Waals surface area contributed by atoms with Gasteiger partial charge in [-0.1, -0.05) is 19.1 Å². The van der Waals surface area contributed by atoms with E-state index in [1.165, 1.54) is 41.9 Å². The Morgan fingerprint density at radius 2 is 2.15 bits per heavy atom. The summed E-state index contributed by atoms with van der Waals surface area (Å²) < 4.78 is 7.00. The van der Waals surface area contributed by atoms with Gasteiger partial charge in [-0.25, -0.2) is 9.97 Å². The Hall–Kier alpha value is -3.31. The summed E-state index contributed by atoms with van der Waals surface area (Å²) in [5.41, 5.74) is 4.10. The number of thiazole rings is 1. The van der Waals surface area contributed by atoms with E-state index >= 15 is 0 Å². The Morgan fingerprint density at radius 1 is 1.29 bits per heavy atom. The van der Waals surface area contributed by atoms with Crippen molar-refractivity contribution < 1.29 is 4.74 Å². The summed E-state index contributed by atoms with van der Waals surface area (Å²) >= 11 is 1.53. The van der Waals surface area contributed by atoms with Gasteiger partial charge in [0.2, 0.25) is 0 Å². The Bertz CT molecular complexity index is 1330. The molecule has 3 aliphatic rings. The summed E-state index contributed by atoms with van der Waals surface area (Å²) in [4.78, 5) is 20.6. The van der Waals surface area contributed by atoms with Gasteiger partial charge in [-0.05, 0) is 44.7 Å². The molecule has 0 saturated carbocycles. The number of hydrogen-bond acceptors (Lipinski definition) is 8. The van der Waals surface area contributed by atoms with Crippen LogP contribution in [0.2, 0.25) is 0 Å². The lowest BCUT2D eigenvalue weighted by Gasteiger charge is -2.30. The van der Waals surface area contributed by atoms with Gasteiger partial charge in [0.25, 0.3) is 0 Å². The number of aliphatic imine (C=N–C) groups is 1. The molecule has 1 saturated heterocycles. The summed E-state index contributed by atoms with van der Waals surface area (Å²) in [6.07, 6.45) is 14.7. The van der Waals surface area contributed by atoms with Crippen molar-refractivity contribution in [3.05, 3.63) is 55.9 Å². The third-order valence-electron chi connectivity index (χ3n) is 6.35. The fourth-order valence-corrected chi connectivity index (χ4v) is 5.49. The van der Waals surface area contributed by atoms with Gasteiger partial charge in [0.1, 0.15) is 17.5 Å². The second-order valence-electron chi connectivity index (χ2n) is 8.60. The SMILES string of the molecule is CC=c1sc(C(C#N)c2ccnc(OCC3=C4N=CC(N5CCCCC5)=CC34)n2)nc1=CCC. The molecule has 2 aromatic heterocycles. The van der Waals surface area contributed by atoms with Crippen LogP contribution in [0, 0.1) is 17.2 Å². The highest BCUT2D eigenvalue weighted by molar-refractivity contribution is 7.09. The molecular weight excluding hydrogens is 444 g/mol. The molecule has 0 amide bonds. The first-order valence-electron chi connectivity index (χ1n) is 11.9. The average molecular weight is 473 g/mol. The van der Waals surface area contributed by atoms with Gasteiger partial charge >= 0.3 is 6.01 Å². The van der Waals surface area contributed by atoms with Crippen LogP contribution < -0.4 is 14.6 Å². The number of rotatable bonds is 7. The van der Waals surface area contributed by atoms with Crippen molar-refractivity contribution in [1.82, 2.24) is 19.9 Å². The normalized spacial score (nSPS) is 21.3. The minimum absolute atomic E-state index is 0.268. The van der Waals surface area contributed by atoms with E-state index in [1.807, 2.05) is 19.2 Å². The second-order valence-corrected chi connectivity index (χ2v) is 9.67. The van der Waals surface area contributed by atoms with E-state index in [-0.39, 0.29) is 11.9 Å². The van der Waals surface area contributed by atoms with E-state index in [2.05, 4.69) is 45.0 Å². The van der Waals surface area contributed by atoms with Gasteiger partial charge in [0, 0.05) is 30.8 Å². The van der Waals surface area contributed by atoms with Crippen LogP contribution in [0.15, 0.2) is 40.3 Å². The zero-order valence-electron chi connectivity index (χ0n) is 19.6. The minimum Gasteiger partial charge on any atom is -0.459 e. The molecule has 1 fully saturated rings. The van der Waals surface area contributed by atoms with Gasteiger partial charge in [-0.15, -0.1) is 11.3 Å². The maximum Gasteiger partial charge on any atom is 0.316 e. The number of aromatic nitrogens is 3. The van der Waals surface area contributed by atoms with Crippen molar-refractivity contribution in [2.24, 2.45) is 10.9 Å². The molecule has 2 aliphatic heterocycles. The molecule has 0 spiro atoms. The van der Waals surface area contributed by atoms with E-state index < -0.39 is 5.92 Å². The predicted molar refractivity (Wildman–Crippen MR) is 134 cm³/mol. The fourth-order valence-electron chi connectivity index (χ4n) is 4.47. The van der Waals surface area contributed by atoms with Crippen molar-refractivity contribution in [3.63, 3.8) is 0 Å². The van der Waals surface area contributed by atoms with Gasteiger partial charge < -0.3 is 9.64 Å². The summed E-state index contributed by atoms with van der Waals surface area (Å²) in [5.74, 6) is -0.289. The summed E-state index contributed by atoms with van der Waals surface area (Å²) in [5, 5.41) is 11.6. The number of piperidine rings is 1. The molecule has 2 aromatic rings. The van der Waals surface area contributed by atoms with Gasteiger partial charge in [0.05, 0.1) is 39.3 Å². The first kappa shape index (κ1) is 22.5. The van der Waals surface area contributed by atoms with E-state index in [4.69, 9.17) is 9.72 Å². The lowest BCUT2D eigenvalue weighted by Crippen LogP contribution is -2.30. The molecule has 2 atom stereocenters. The molecule has 5 rings (SSSR count). The van der Waals surface area contributed by atoms with E-state index in [1.54, 1.807) is 12.3 Å². The second kappa shape index (κ2) is 9.90. The number of nitrogens with zero attached hydrogens (tertiary/aromatic N) is 6. The van der Waals surface area contributed by atoms with Crippen molar-refractivity contribution in [2.75, 3.05) is 19.7 Å². The Morgan fingerprint density at radius 3 is 2.91 bits per heavy atom. The van der Waals surface area contributed by atoms with Crippen LogP contribution >= 0.6 is 11.3 Å². The molecule has 0 bridgehead atoms. The van der Waals surface area contributed by atoms with E-state index in [9.17, 15) is 5.26 Å². The number of dihydropyridines is 1. The Balaban J connectivity index is 1.27. The average Bonchev–Trinajstić information content (AvgIpc) is 3.43. The van der Waals surface area contributed by atoms with Gasteiger partial charge in [0.15, 0.2) is 0 Å². The maximum absolute atomic E-state index is 9.89. The molecule has 0 aromatic carbocycles. The molecule has 7 nitrogen and oxygen atoms in total. The predicted octanol–water partition coefficient (Wildman–Crippen LogP) is 3.30. The molecular formula is C26H28N6OS. The third-order valence-corrected chi connectivity index (χ3v) is 7.55. The molecule has 8 heteroatoms. The molecule has 0 radical (unpaired) electrons. The maximum atomic E-state index is 9.89. The van der Waals surface area contributed by atoms with Crippen LogP contribution in [0.4, 0.5) is 0 Å². The van der Waals surface area contributed by atoms with Crippen molar-refractivity contribution in [3.8, 4) is 12.1 Å². The number of allylic oxidation sites excluding steroid dienone is 2. The zero-order valence-corrected chi connectivity index (χ0v) is 20.4. The molecule has 1 aliphatic carbocycles. The van der Waals surface area contributed by atoms with Crippen LogP contribution in [0.25, 0.3) is 12.2 Å². The summed E-state index contributed by atoms with van der Waals surface area (Å²) in [7, 11) is 0. The summed E-state index contributed by atoms with van der Waals surface area (Å²) in [6.45, 7) is 6.70. The first-order valence-corrected chi connectivity index (χ1v) is 12.8. The molecule has 4 heterocycles. The highest BCUT2D eigenvalue weighted by atomic mass is 32.1. The molecule has 0 N–H and O–H groups in total. The number of nitriles is 1. The number of ether oxygens (including phenoxy) is 1. The van der Waals surface area contributed by atoms with Crippen LogP contribution in [0.5, 0.6) is 6.01 Å². The first-order chi connectivity index (χ1) is 16.7. The topological polar surface area (TPSA) is 87.3 Å². The Kier molecular flexibility index (Phi) is 6.54. The third kappa shape index (κ3) is 4.53. The van der Waals surface area contributed by atoms with Gasteiger partial charge in [-0.2, -0.15) is 10.2 Å². The summed E-state index contributed by atoms with van der Waals surface area (Å²) in [6, 6.07) is 4.39. The van der Waals surface area contributed by atoms with Crippen molar-refractivity contribution in [2.45, 2.75) is 45.4 Å². The van der Waals surface area contributed by atoms with Crippen molar-refractivity contribution in [1.29, 1.82) is 5.26 Å². The van der Waals surface area contributed by atoms with Crippen LogP contribution in [-0.4, -0.2) is 45.8 Å². The number of fused-ring (bicyclic) bond motifs is 1. The monoisotopic (exact) mass is 472 g/mol. The van der Waals surface area contributed by atoms with Crippen LogP contribution in [0.3, 0.4) is 0 Å². The largest absolute Gasteiger partial charge is 0.459 e. The Labute approximate surface area is 203 Å². The highest BCUT2D eigenvalue weighted by Crippen LogP contribution is 2.44. The number of hydrogen-bond donors (Lipinski definition) is 0. The minimum atomic E-state index is -0.557. The standard InChI is InChI=1S/C26H28N6OS/c1-3-8-22-23(4-2)34-25(30-22)19(14-27)21-9-10-28-26(31-21)33-16-20-18-13-17(15-29-24(18)20)32-11-6-5-7-12-32/h4,8-10,13,15,18-19H,3,5-7,11-12,16H2,1-2H3. The smallest absolute Gasteiger partial charge is 0.316 e. The van der Waals surface area contributed by atoms with Crippen LogP contribution in [-0.2, 0) is 0 Å². The van der Waals surface area contributed by atoms with E-state index in [0.29, 0.717) is 12.3 Å². The highest BCUT2D eigenvalue weighted by Gasteiger charge is 2.38. The van der Waals surface area contributed by atoms with Gasteiger partial charge in [-0.3, -0.25) is 4.99 Å². The van der Waals surface area contributed by atoms with Crippen LogP contribution in [0.1, 0.15) is 56.2 Å². The van der Waals surface area contributed by atoms with E-state index in [0.717, 1.165) is 40.1 Å². The molecule has 34 heavy (non-hydrogen) atoms. The lowest BCUT2D eigenvalue weighted by molar-refractivity contribution is 0.297. The zero-order chi connectivity index (χ0) is 23.5. The molecule has 2 unspecified atom stereocenters. The fraction of sp³-hybridized carbons (Fsp3) is 0.423. The van der Waals surface area contributed by atoms with Crippen molar-refractivity contribution >= 4 is 29.7 Å².